The highest BCUT2D eigenvalue weighted by Crippen LogP contribution is 2.23. The Morgan fingerprint density at radius 2 is 2.12 bits per heavy atom. The number of amides is 1. The zero-order valence-electron chi connectivity index (χ0n) is 14.3. The molecule has 2 unspecified atom stereocenters. The monoisotopic (exact) mass is 326 g/mol. The predicted molar refractivity (Wildman–Crippen MR) is 94.6 cm³/mol. The molecule has 24 heavy (non-hydrogen) atoms. The molecule has 0 bridgehead atoms. The van der Waals surface area contributed by atoms with Crippen LogP contribution in [0.3, 0.4) is 0 Å². The van der Waals surface area contributed by atoms with Crippen molar-refractivity contribution in [2.24, 2.45) is 5.92 Å². The molecule has 2 atom stereocenters. The molecule has 128 valence electrons. The van der Waals surface area contributed by atoms with Crippen LogP contribution in [0.4, 0.5) is 0 Å². The molecule has 1 heterocycles. The maximum atomic E-state index is 12.3. The van der Waals surface area contributed by atoms with E-state index in [9.17, 15) is 4.79 Å². The van der Waals surface area contributed by atoms with E-state index < -0.39 is 0 Å². The van der Waals surface area contributed by atoms with Crippen LogP contribution < -0.4 is 10.6 Å². The molecule has 4 heteroatoms. The van der Waals surface area contributed by atoms with Gasteiger partial charge in [-0.05, 0) is 48.6 Å². The maximum Gasteiger partial charge on any atom is 0.251 e. The van der Waals surface area contributed by atoms with Gasteiger partial charge in [0.2, 0.25) is 0 Å². The Labute approximate surface area is 143 Å². The molecular weight excluding hydrogens is 300 g/mol. The number of benzene rings is 1. The summed E-state index contributed by atoms with van der Waals surface area (Å²) in [5.41, 5.74) is 1.84. The maximum absolute atomic E-state index is 12.3. The largest absolute Gasteiger partial charge is 0.467 e. The van der Waals surface area contributed by atoms with Crippen LogP contribution in [-0.4, -0.2) is 11.9 Å². The summed E-state index contributed by atoms with van der Waals surface area (Å²) < 4.78 is 5.23. The second-order valence-electron chi connectivity index (χ2n) is 6.81. The summed E-state index contributed by atoms with van der Waals surface area (Å²) in [7, 11) is 0. The zero-order chi connectivity index (χ0) is 16.8. The van der Waals surface area contributed by atoms with Gasteiger partial charge in [-0.2, -0.15) is 0 Å². The van der Waals surface area contributed by atoms with Gasteiger partial charge in [0.05, 0.1) is 12.8 Å². The summed E-state index contributed by atoms with van der Waals surface area (Å²) in [6.45, 7) is 3.56. The summed E-state index contributed by atoms with van der Waals surface area (Å²) in [5.74, 6) is 1.50. The van der Waals surface area contributed by atoms with Gasteiger partial charge in [-0.15, -0.1) is 0 Å². The van der Waals surface area contributed by atoms with E-state index in [4.69, 9.17) is 4.42 Å². The van der Waals surface area contributed by atoms with Gasteiger partial charge in [-0.3, -0.25) is 4.79 Å². The summed E-state index contributed by atoms with van der Waals surface area (Å²) in [4.78, 5) is 12.3. The fraction of sp³-hybridized carbons (Fsp3) is 0.450. The average molecular weight is 326 g/mol. The summed E-state index contributed by atoms with van der Waals surface area (Å²) >= 11 is 0. The molecule has 1 fully saturated rings. The van der Waals surface area contributed by atoms with Crippen molar-refractivity contribution in [2.45, 2.75) is 51.7 Å². The molecule has 1 aromatic heterocycles. The molecule has 0 saturated heterocycles. The first-order valence-corrected chi connectivity index (χ1v) is 8.83. The van der Waals surface area contributed by atoms with Crippen molar-refractivity contribution in [1.29, 1.82) is 0 Å². The van der Waals surface area contributed by atoms with Gasteiger partial charge in [0, 0.05) is 18.2 Å². The van der Waals surface area contributed by atoms with E-state index in [0.717, 1.165) is 23.8 Å². The lowest BCUT2D eigenvalue weighted by molar-refractivity contribution is 0.0948. The van der Waals surface area contributed by atoms with Crippen LogP contribution in [0.25, 0.3) is 0 Å². The molecule has 1 amide bonds. The number of carbonyl (C=O) groups excluding carboxylic acids is 1. The first kappa shape index (κ1) is 16.8. The number of rotatable bonds is 6. The van der Waals surface area contributed by atoms with E-state index in [1.807, 2.05) is 30.3 Å². The molecule has 0 aliphatic heterocycles. The lowest BCUT2D eigenvalue weighted by Gasteiger charge is -2.27. The number of hydrogen-bond acceptors (Lipinski definition) is 3. The summed E-state index contributed by atoms with van der Waals surface area (Å²) in [5, 5.41) is 6.53. The van der Waals surface area contributed by atoms with Gasteiger partial charge in [-0.1, -0.05) is 31.9 Å². The molecule has 0 radical (unpaired) electrons. The molecule has 3 rings (SSSR count). The summed E-state index contributed by atoms with van der Waals surface area (Å²) in [6.07, 6.45) is 6.79. The minimum Gasteiger partial charge on any atom is -0.467 e. The van der Waals surface area contributed by atoms with Gasteiger partial charge in [0.1, 0.15) is 5.76 Å². The minimum absolute atomic E-state index is 0.0699. The molecule has 1 aromatic carbocycles. The Kier molecular flexibility index (Phi) is 5.70. The average Bonchev–Trinajstić information content (AvgIpc) is 3.12. The number of furan rings is 1. The Balaban J connectivity index is 1.52. The Morgan fingerprint density at radius 3 is 2.92 bits per heavy atom. The number of nitrogens with one attached hydrogen (secondary N) is 2. The number of carbonyl (C=O) groups is 1. The van der Waals surface area contributed by atoms with E-state index in [2.05, 4.69) is 23.6 Å². The summed E-state index contributed by atoms with van der Waals surface area (Å²) in [6, 6.07) is 12.1. The van der Waals surface area contributed by atoms with Gasteiger partial charge in [0.25, 0.3) is 5.91 Å². The van der Waals surface area contributed by atoms with Gasteiger partial charge < -0.3 is 15.1 Å². The number of hydrogen-bond donors (Lipinski definition) is 2. The lowest BCUT2D eigenvalue weighted by Crippen LogP contribution is -2.33. The van der Waals surface area contributed by atoms with Crippen molar-refractivity contribution in [3.8, 4) is 0 Å². The van der Waals surface area contributed by atoms with Crippen LogP contribution in [0.15, 0.2) is 47.1 Å². The molecule has 1 aliphatic rings. The second kappa shape index (κ2) is 8.15. The van der Waals surface area contributed by atoms with Crippen LogP contribution in [0.2, 0.25) is 0 Å². The van der Waals surface area contributed by atoms with Crippen LogP contribution in [0.1, 0.15) is 54.3 Å². The second-order valence-corrected chi connectivity index (χ2v) is 6.81. The molecule has 0 spiro atoms. The third kappa shape index (κ3) is 4.71. The van der Waals surface area contributed by atoms with Gasteiger partial charge >= 0.3 is 0 Å². The molecular formula is C20H26N2O2. The highest BCUT2D eigenvalue weighted by atomic mass is 16.3. The molecule has 1 saturated carbocycles. The van der Waals surface area contributed by atoms with Crippen LogP contribution in [0, 0.1) is 5.92 Å². The minimum atomic E-state index is -0.0699. The van der Waals surface area contributed by atoms with E-state index in [0.29, 0.717) is 18.2 Å². The fourth-order valence-corrected chi connectivity index (χ4v) is 3.39. The molecule has 1 aliphatic carbocycles. The van der Waals surface area contributed by atoms with Gasteiger partial charge in [0.15, 0.2) is 0 Å². The van der Waals surface area contributed by atoms with E-state index in [-0.39, 0.29) is 5.91 Å². The van der Waals surface area contributed by atoms with Crippen molar-refractivity contribution in [3.05, 3.63) is 59.5 Å². The Morgan fingerprint density at radius 1 is 1.21 bits per heavy atom. The van der Waals surface area contributed by atoms with Crippen molar-refractivity contribution in [2.75, 3.05) is 0 Å². The van der Waals surface area contributed by atoms with E-state index in [1.165, 1.54) is 25.7 Å². The van der Waals surface area contributed by atoms with Crippen LogP contribution >= 0.6 is 0 Å². The SMILES string of the molecule is CC1CCCC(NCc2cccc(C(=O)NCc3ccco3)c2)C1. The third-order valence-corrected chi connectivity index (χ3v) is 4.72. The van der Waals surface area contributed by atoms with Crippen LogP contribution in [-0.2, 0) is 13.1 Å². The zero-order valence-corrected chi connectivity index (χ0v) is 14.3. The quantitative estimate of drug-likeness (QED) is 0.847. The first-order valence-electron chi connectivity index (χ1n) is 8.83. The topological polar surface area (TPSA) is 54.3 Å². The highest BCUT2D eigenvalue weighted by Gasteiger charge is 2.18. The van der Waals surface area contributed by atoms with Crippen molar-refractivity contribution < 1.29 is 9.21 Å². The third-order valence-electron chi connectivity index (χ3n) is 4.72. The first-order chi connectivity index (χ1) is 11.7. The molecule has 2 aromatic rings. The normalized spacial score (nSPS) is 20.7. The Hall–Kier alpha value is -2.07. The predicted octanol–water partition coefficient (Wildman–Crippen LogP) is 3.88. The van der Waals surface area contributed by atoms with Crippen molar-refractivity contribution >= 4 is 5.91 Å². The van der Waals surface area contributed by atoms with Crippen molar-refractivity contribution in [3.63, 3.8) is 0 Å². The molecule has 4 nitrogen and oxygen atoms in total. The lowest BCUT2D eigenvalue weighted by atomic mass is 9.87. The highest BCUT2D eigenvalue weighted by molar-refractivity contribution is 5.94. The fourth-order valence-electron chi connectivity index (χ4n) is 3.39. The van der Waals surface area contributed by atoms with Crippen molar-refractivity contribution in [1.82, 2.24) is 10.6 Å². The Bertz CT molecular complexity index is 651. The molecule has 2 N–H and O–H groups in total. The van der Waals surface area contributed by atoms with E-state index in [1.54, 1.807) is 6.26 Å². The van der Waals surface area contributed by atoms with E-state index >= 15 is 0 Å². The smallest absolute Gasteiger partial charge is 0.251 e. The van der Waals surface area contributed by atoms with Crippen LogP contribution in [0.5, 0.6) is 0 Å². The van der Waals surface area contributed by atoms with Gasteiger partial charge in [-0.25, -0.2) is 0 Å². The standard InChI is InChI=1S/C20H26N2O2/c1-15-5-2-8-18(11-15)21-13-16-6-3-7-17(12-16)20(23)22-14-19-9-4-10-24-19/h3-4,6-7,9-10,12,15,18,21H,2,5,8,11,13-14H2,1H3,(H,22,23).